The van der Waals surface area contributed by atoms with E-state index in [2.05, 4.69) is 42.0 Å². The number of hydrogen-bond donors (Lipinski definition) is 2. The molecule has 35 heavy (non-hydrogen) atoms. The van der Waals surface area contributed by atoms with Gasteiger partial charge in [-0.1, -0.05) is 19.1 Å². The Morgan fingerprint density at radius 3 is 2.54 bits per heavy atom. The monoisotopic (exact) mass is 511 g/mol. The van der Waals surface area contributed by atoms with Crippen LogP contribution in [-0.2, 0) is 14.3 Å². The predicted molar refractivity (Wildman–Crippen MR) is 141 cm³/mol. The summed E-state index contributed by atoms with van der Waals surface area (Å²) < 4.78 is 7.15. The number of hydrogen-bond acceptors (Lipinski definition) is 8. The number of aryl methyl sites for hydroxylation is 2. The molecule has 0 aliphatic carbocycles. The van der Waals surface area contributed by atoms with Crippen LogP contribution in [-0.4, -0.2) is 45.2 Å². The summed E-state index contributed by atoms with van der Waals surface area (Å²) >= 11 is 5.78. The highest BCUT2D eigenvalue weighted by Crippen LogP contribution is 2.41. The van der Waals surface area contributed by atoms with Gasteiger partial charge in [-0.25, -0.2) is 0 Å². The van der Waals surface area contributed by atoms with Gasteiger partial charge in [-0.05, 0) is 50.6 Å². The lowest BCUT2D eigenvalue weighted by atomic mass is 9.95. The van der Waals surface area contributed by atoms with Crippen molar-refractivity contribution in [1.29, 1.82) is 0 Å². The number of carbonyl (C=O) groups is 2. The van der Waals surface area contributed by atoms with Crippen LogP contribution in [0.2, 0.25) is 0 Å². The highest BCUT2D eigenvalue weighted by molar-refractivity contribution is 7.80. The molecule has 0 saturated carbocycles. The number of aromatic nitrogens is 3. The summed E-state index contributed by atoms with van der Waals surface area (Å²) in [6.45, 7) is 8.03. The maximum Gasteiger partial charge on any atom is 0.311 e. The molecule has 2 atom stereocenters. The SMILES string of the molecule is CC[C@@H](C(=O)OC)[C@@H]1N=C(c2ccc(NC(=O)CCS)cc2)c2c(sc(C)c2C)-n2c(C)nnc21. The van der Waals surface area contributed by atoms with Crippen LogP contribution in [0.15, 0.2) is 29.3 Å². The molecule has 0 saturated heterocycles. The molecule has 0 unspecified atom stereocenters. The Kier molecular flexibility index (Phi) is 7.42. The molecule has 3 aromatic rings. The zero-order valence-electron chi connectivity index (χ0n) is 20.5. The predicted octanol–water partition coefficient (Wildman–Crippen LogP) is 4.60. The van der Waals surface area contributed by atoms with E-state index in [0.717, 1.165) is 33.2 Å². The lowest BCUT2D eigenvalue weighted by Gasteiger charge is -2.20. The molecule has 0 fully saturated rings. The smallest absolute Gasteiger partial charge is 0.311 e. The minimum atomic E-state index is -0.558. The average molecular weight is 512 g/mol. The van der Waals surface area contributed by atoms with E-state index in [1.54, 1.807) is 11.3 Å². The zero-order valence-corrected chi connectivity index (χ0v) is 22.2. The fourth-order valence-corrected chi connectivity index (χ4v) is 5.74. The van der Waals surface area contributed by atoms with E-state index in [1.807, 2.05) is 42.7 Å². The van der Waals surface area contributed by atoms with Crippen molar-refractivity contribution in [2.45, 2.75) is 46.6 Å². The summed E-state index contributed by atoms with van der Waals surface area (Å²) in [5, 5.41) is 12.7. The molecule has 10 heteroatoms. The lowest BCUT2D eigenvalue weighted by Crippen LogP contribution is -2.24. The van der Waals surface area contributed by atoms with E-state index in [9.17, 15) is 9.59 Å². The number of methoxy groups -OCH3 is 1. The summed E-state index contributed by atoms with van der Waals surface area (Å²) in [6, 6.07) is 7.07. The first-order valence-electron chi connectivity index (χ1n) is 11.5. The van der Waals surface area contributed by atoms with Gasteiger partial charge in [0.15, 0.2) is 5.82 Å². The molecule has 1 amide bonds. The Balaban J connectivity index is 1.89. The Bertz CT molecular complexity index is 1290. The molecule has 0 spiro atoms. The van der Waals surface area contributed by atoms with Gasteiger partial charge in [0.1, 0.15) is 16.9 Å². The van der Waals surface area contributed by atoms with Crippen molar-refractivity contribution in [3.63, 3.8) is 0 Å². The number of thiophene rings is 1. The second-order valence-electron chi connectivity index (χ2n) is 8.46. The van der Waals surface area contributed by atoms with Gasteiger partial charge >= 0.3 is 5.97 Å². The van der Waals surface area contributed by atoms with E-state index in [4.69, 9.17) is 9.73 Å². The van der Waals surface area contributed by atoms with E-state index < -0.39 is 12.0 Å². The third-order valence-corrected chi connectivity index (χ3v) is 7.71. The van der Waals surface area contributed by atoms with Crippen LogP contribution >= 0.6 is 24.0 Å². The molecular weight excluding hydrogens is 482 g/mol. The van der Waals surface area contributed by atoms with Crippen LogP contribution in [0.1, 0.15) is 59.0 Å². The number of nitrogens with one attached hydrogen (secondary N) is 1. The Morgan fingerprint density at radius 1 is 1.20 bits per heavy atom. The van der Waals surface area contributed by atoms with Gasteiger partial charge in [-0.15, -0.1) is 21.5 Å². The van der Waals surface area contributed by atoms with Crippen LogP contribution in [0.25, 0.3) is 5.00 Å². The van der Waals surface area contributed by atoms with E-state index >= 15 is 0 Å². The largest absolute Gasteiger partial charge is 0.469 e. The number of thiol groups is 1. The van der Waals surface area contributed by atoms with E-state index in [-0.39, 0.29) is 11.9 Å². The molecule has 1 aromatic carbocycles. The zero-order chi connectivity index (χ0) is 25.3. The van der Waals surface area contributed by atoms with Gasteiger partial charge in [-0.2, -0.15) is 12.6 Å². The summed E-state index contributed by atoms with van der Waals surface area (Å²) in [5.41, 5.74) is 4.51. The fraction of sp³-hybridized carbons (Fsp3) is 0.400. The molecule has 0 bridgehead atoms. The molecule has 1 aliphatic heterocycles. The minimum Gasteiger partial charge on any atom is -0.469 e. The molecule has 3 heterocycles. The van der Waals surface area contributed by atoms with Crippen molar-refractivity contribution in [2.24, 2.45) is 10.9 Å². The third kappa shape index (κ3) is 4.64. The second kappa shape index (κ2) is 10.3. The van der Waals surface area contributed by atoms with Gasteiger partial charge in [0.2, 0.25) is 5.91 Å². The molecule has 4 rings (SSSR count). The van der Waals surface area contributed by atoms with Gasteiger partial charge in [0.05, 0.1) is 18.7 Å². The van der Waals surface area contributed by atoms with Crippen LogP contribution in [0, 0.1) is 26.7 Å². The topological polar surface area (TPSA) is 98.5 Å². The first-order chi connectivity index (χ1) is 16.8. The number of benzene rings is 1. The van der Waals surface area contributed by atoms with Crippen LogP contribution in [0.3, 0.4) is 0 Å². The summed E-state index contributed by atoms with van der Waals surface area (Å²) in [6.07, 6.45) is 0.891. The summed E-state index contributed by atoms with van der Waals surface area (Å²) in [5.74, 6) is 0.951. The average Bonchev–Trinajstić information content (AvgIpc) is 3.31. The number of nitrogens with zero attached hydrogens (tertiary/aromatic N) is 4. The number of ether oxygens (including phenoxy) is 1. The first-order valence-corrected chi connectivity index (χ1v) is 12.9. The molecule has 1 N–H and O–H groups in total. The lowest BCUT2D eigenvalue weighted by molar-refractivity contribution is -0.146. The van der Waals surface area contributed by atoms with Gasteiger partial charge in [0, 0.05) is 28.1 Å². The molecule has 2 aromatic heterocycles. The number of fused-ring (bicyclic) bond motifs is 3. The van der Waals surface area contributed by atoms with Gasteiger partial charge in [0.25, 0.3) is 0 Å². The number of carbonyl (C=O) groups excluding carboxylic acids is 2. The van der Waals surface area contributed by atoms with E-state index in [0.29, 0.717) is 30.1 Å². The highest BCUT2D eigenvalue weighted by atomic mass is 32.1. The Hall–Kier alpha value is -2.98. The molecule has 1 aliphatic rings. The quantitative estimate of drug-likeness (QED) is 0.357. The van der Waals surface area contributed by atoms with Crippen molar-refractivity contribution in [1.82, 2.24) is 14.8 Å². The number of anilines is 1. The molecule has 8 nitrogen and oxygen atoms in total. The summed E-state index contributed by atoms with van der Waals surface area (Å²) in [7, 11) is 1.40. The minimum absolute atomic E-state index is 0.0801. The number of amides is 1. The van der Waals surface area contributed by atoms with Crippen LogP contribution in [0.5, 0.6) is 0 Å². The number of esters is 1. The maximum atomic E-state index is 12.8. The third-order valence-electron chi connectivity index (χ3n) is 6.30. The highest BCUT2D eigenvalue weighted by Gasteiger charge is 2.38. The van der Waals surface area contributed by atoms with Crippen molar-refractivity contribution in [2.75, 3.05) is 18.2 Å². The van der Waals surface area contributed by atoms with Crippen molar-refractivity contribution < 1.29 is 14.3 Å². The molecule has 0 radical (unpaired) electrons. The normalized spacial score (nSPS) is 15.5. The number of rotatable bonds is 7. The first kappa shape index (κ1) is 25.1. The standard InChI is InChI=1S/C25H29N5O3S2/c1-6-18(25(32)33-5)22-23-29-28-15(4)30(23)24-20(13(2)14(3)35-24)21(27-22)16-7-9-17(10-8-16)26-19(31)11-12-34/h7-10,18,22,34H,6,11-12H2,1-5H3,(H,26,31)/t18-,22+/m1/s1. The molecule has 184 valence electrons. The van der Waals surface area contributed by atoms with Crippen molar-refractivity contribution in [3.8, 4) is 5.00 Å². The Labute approximate surface area is 214 Å². The van der Waals surface area contributed by atoms with Crippen LogP contribution < -0.4 is 5.32 Å². The molecular formula is C25H29N5O3S2. The maximum absolute atomic E-state index is 12.8. The second-order valence-corrected chi connectivity index (χ2v) is 10.1. The Morgan fingerprint density at radius 2 is 1.91 bits per heavy atom. The van der Waals surface area contributed by atoms with Gasteiger partial charge < -0.3 is 10.1 Å². The fourth-order valence-electron chi connectivity index (χ4n) is 4.32. The van der Waals surface area contributed by atoms with E-state index in [1.165, 1.54) is 12.0 Å². The number of aliphatic imine (C=N–C) groups is 1. The van der Waals surface area contributed by atoms with Crippen molar-refractivity contribution in [3.05, 3.63) is 57.5 Å². The van der Waals surface area contributed by atoms with Gasteiger partial charge in [-0.3, -0.25) is 19.1 Å². The van der Waals surface area contributed by atoms with Crippen molar-refractivity contribution >= 4 is 47.2 Å². The summed E-state index contributed by atoms with van der Waals surface area (Å²) in [4.78, 5) is 31.1. The van der Waals surface area contributed by atoms with Crippen LogP contribution in [0.4, 0.5) is 5.69 Å².